The van der Waals surface area contributed by atoms with Gasteiger partial charge in [-0.15, -0.1) is 0 Å². The summed E-state index contributed by atoms with van der Waals surface area (Å²) in [5, 5.41) is 1.83. The van der Waals surface area contributed by atoms with Crippen molar-refractivity contribution in [2.24, 2.45) is 17.2 Å². The van der Waals surface area contributed by atoms with E-state index in [9.17, 15) is 0 Å². The molecular weight excluding hydrogens is 404 g/mol. The van der Waals surface area contributed by atoms with E-state index in [-0.39, 0.29) is 0 Å². The highest BCUT2D eigenvalue weighted by Crippen LogP contribution is 2.38. The number of halogens is 1. The Labute approximate surface area is 151 Å². The van der Waals surface area contributed by atoms with E-state index in [4.69, 9.17) is 17.2 Å². The van der Waals surface area contributed by atoms with E-state index in [1.54, 1.807) is 21.1 Å². The topological polar surface area (TPSA) is 120 Å². The van der Waals surface area contributed by atoms with E-state index in [1.807, 2.05) is 12.1 Å². The molecule has 0 aliphatic rings. The lowest BCUT2D eigenvalue weighted by atomic mass is 10.4. The van der Waals surface area contributed by atoms with E-state index >= 15 is 0 Å². The minimum absolute atomic E-state index is 0.606. The molecule has 1 rings (SSSR count). The standard InChI is InChI=1S/C12H17BrN6S3/c1-17-10(14)20-6-4-7(21-11(15)18-2)9(13)8(5-6)22-12(16)19-3/h4-5H,1-3H3,(H2,14,17)(H2,15,18)(H2,16,19)/p+3. The second-order valence-electron chi connectivity index (χ2n) is 3.88. The molecule has 0 aliphatic heterocycles. The Morgan fingerprint density at radius 3 is 1.55 bits per heavy atom. The fourth-order valence-electron chi connectivity index (χ4n) is 1.27. The molecule has 0 aliphatic carbocycles. The van der Waals surface area contributed by atoms with Crippen LogP contribution in [0.15, 0.2) is 31.3 Å². The fraction of sp³-hybridized carbons (Fsp3) is 0.250. The van der Waals surface area contributed by atoms with Crippen LogP contribution in [-0.2, 0) is 0 Å². The smallest absolute Gasteiger partial charge is 0.281 e. The van der Waals surface area contributed by atoms with Crippen molar-refractivity contribution in [3.05, 3.63) is 16.6 Å². The molecule has 6 nitrogen and oxygen atoms in total. The molecule has 0 amide bonds. The molecule has 0 saturated heterocycles. The van der Waals surface area contributed by atoms with Crippen LogP contribution < -0.4 is 32.2 Å². The molecule has 0 bridgehead atoms. The zero-order chi connectivity index (χ0) is 16.7. The van der Waals surface area contributed by atoms with Crippen molar-refractivity contribution in [1.29, 1.82) is 0 Å². The van der Waals surface area contributed by atoms with Crippen molar-refractivity contribution >= 4 is 66.7 Å². The number of hydrogen-bond donors (Lipinski definition) is 6. The summed E-state index contributed by atoms with van der Waals surface area (Å²) in [5.41, 5.74) is 17.6. The highest BCUT2D eigenvalue weighted by molar-refractivity contribution is 9.10. The molecule has 1 aromatic carbocycles. The Hall–Kier alpha value is -0.840. The van der Waals surface area contributed by atoms with Crippen molar-refractivity contribution < 1.29 is 15.0 Å². The van der Waals surface area contributed by atoms with E-state index in [0.717, 1.165) is 19.2 Å². The van der Waals surface area contributed by atoms with Gasteiger partial charge >= 0.3 is 15.5 Å². The lowest BCUT2D eigenvalue weighted by Crippen LogP contribution is -2.69. The first kappa shape index (κ1) is 19.2. The first-order chi connectivity index (χ1) is 10.4. The maximum absolute atomic E-state index is 5.88. The summed E-state index contributed by atoms with van der Waals surface area (Å²) < 4.78 is 0.936. The van der Waals surface area contributed by atoms with Gasteiger partial charge in [-0.2, -0.15) is 0 Å². The molecule has 10 heteroatoms. The number of nitrogens with two attached hydrogens (primary N) is 3. The van der Waals surface area contributed by atoms with Gasteiger partial charge in [0.1, 0.15) is 0 Å². The van der Waals surface area contributed by atoms with Gasteiger partial charge < -0.3 is 0 Å². The third-order valence-electron chi connectivity index (χ3n) is 2.39. The molecular formula is C12H20BrN6S3+3. The molecule has 120 valence electrons. The predicted octanol–water partition coefficient (Wildman–Crippen LogP) is -3.20. The van der Waals surface area contributed by atoms with Gasteiger partial charge in [0.15, 0.2) is 0 Å². The Kier molecular flexibility index (Phi) is 8.15. The number of rotatable bonds is 3. The molecule has 0 atom stereocenters. The maximum atomic E-state index is 5.88. The molecule has 0 unspecified atom stereocenters. The molecule has 0 aromatic heterocycles. The van der Waals surface area contributed by atoms with E-state index < -0.39 is 0 Å². The Balaban J connectivity index is 3.29. The van der Waals surface area contributed by atoms with Crippen LogP contribution in [0, 0.1) is 0 Å². The van der Waals surface area contributed by atoms with Crippen molar-refractivity contribution in [3.63, 3.8) is 0 Å². The van der Waals surface area contributed by atoms with Gasteiger partial charge in [0, 0.05) is 19.2 Å². The average Bonchev–Trinajstić information content (AvgIpc) is 2.51. The van der Waals surface area contributed by atoms with Crippen LogP contribution in [0.3, 0.4) is 0 Å². The van der Waals surface area contributed by atoms with Gasteiger partial charge in [0.25, 0.3) is 0 Å². The highest BCUT2D eigenvalue weighted by Gasteiger charge is 2.17. The lowest BCUT2D eigenvalue weighted by Gasteiger charge is -2.09. The Bertz CT molecular complexity index is 588. The van der Waals surface area contributed by atoms with E-state index in [1.165, 1.54) is 35.3 Å². The van der Waals surface area contributed by atoms with Crippen LogP contribution in [-0.4, -0.2) is 36.6 Å². The monoisotopic (exact) mass is 423 g/mol. The summed E-state index contributed by atoms with van der Waals surface area (Å²) in [6.45, 7) is 0. The molecule has 0 radical (unpaired) electrons. The summed E-state index contributed by atoms with van der Waals surface area (Å²) >= 11 is 7.93. The molecule has 9 N–H and O–H groups in total. The quantitative estimate of drug-likeness (QED) is 0.173. The summed E-state index contributed by atoms with van der Waals surface area (Å²) in [7, 11) is 5.35. The average molecular weight is 424 g/mol. The molecule has 22 heavy (non-hydrogen) atoms. The SMILES string of the molecule is C[NH+]=C(N)Sc1cc(SC(N)=[NH+]C)c(Br)c(SC(N)=[NH+]C)c1. The fourth-order valence-corrected chi connectivity index (χ4v) is 4.36. The number of thioether (sulfide) groups is 3. The first-order valence-electron chi connectivity index (χ1n) is 6.18. The van der Waals surface area contributed by atoms with Gasteiger partial charge in [-0.25, -0.2) is 0 Å². The van der Waals surface area contributed by atoms with Gasteiger partial charge in [-0.1, -0.05) is 0 Å². The van der Waals surface area contributed by atoms with Crippen LogP contribution >= 0.6 is 51.2 Å². The summed E-state index contributed by atoms with van der Waals surface area (Å²) in [6.07, 6.45) is 0. The number of benzene rings is 1. The highest BCUT2D eigenvalue weighted by atomic mass is 79.9. The molecule has 0 fully saturated rings. The van der Waals surface area contributed by atoms with Crippen LogP contribution in [0.2, 0.25) is 0 Å². The maximum Gasteiger partial charge on any atom is 0.306 e. The van der Waals surface area contributed by atoms with Crippen molar-refractivity contribution in [2.75, 3.05) is 21.1 Å². The van der Waals surface area contributed by atoms with Crippen LogP contribution in [0.25, 0.3) is 0 Å². The summed E-state index contributed by atoms with van der Waals surface area (Å²) in [5.74, 6) is 0. The molecule has 0 heterocycles. The Morgan fingerprint density at radius 1 is 0.818 bits per heavy atom. The predicted molar refractivity (Wildman–Crippen MR) is 100.0 cm³/mol. The van der Waals surface area contributed by atoms with Gasteiger partial charge in [-0.3, -0.25) is 32.2 Å². The third-order valence-corrected chi connectivity index (χ3v) is 6.59. The second-order valence-corrected chi connectivity index (χ2v) is 7.96. The van der Waals surface area contributed by atoms with Crippen LogP contribution in [0.5, 0.6) is 0 Å². The third kappa shape index (κ3) is 5.75. The zero-order valence-corrected chi connectivity index (χ0v) is 16.5. The van der Waals surface area contributed by atoms with Crippen LogP contribution in [0.1, 0.15) is 0 Å². The first-order valence-corrected chi connectivity index (χ1v) is 9.43. The largest absolute Gasteiger partial charge is 0.306 e. The number of nitrogens with one attached hydrogen (secondary N) is 3. The Morgan fingerprint density at radius 2 is 1.18 bits per heavy atom. The molecule has 1 aromatic rings. The van der Waals surface area contributed by atoms with Crippen molar-refractivity contribution in [3.8, 4) is 0 Å². The number of amidine groups is 3. The van der Waals surface area contributed by atoms with Gasteiger partial charge in [0.2, 0.25) is 0 Å². The lowest BCUT2D eigenvalue weighted by molar-refractivity contribution is -0.417. The van der Waals surface area contributed by atoms with E-state index in [2.05, 4.69) is 30.9 Å². The van der Waals surface area contributed by atoms with Crippen molar-refractivity contribution in [1.82, 2.24) is 0 Å². The van der Waals surface area contributed by atoms with Crippen LogP contribution in [0.4, 0.5) is 0 Å². The molecule has 0 saturated carbocycles. The normalized spacial score (nSPS) is 13.5. The van der Waals surface area contributed by atoms with Gasteiger partial charge in [-0.05, 0) is 63.3 Å². The van der Waals surface area contributed by atoms with E-state index in [0.29, 0.717) is 15.5 Å². The summed E-state index contributed by atoms with van der Waals surface area (Å²) in [6, 6.07) is 4.04. The summed E-state index contributed by atoms with van der Waals surface area (Å²) in [4.78, 5) is 11.7. The van der Waals surface area contributed by atoms with Crippen molar-refractivity contribution in [2.45, 2.75) is 14.7 Å². The second kappa shape index (κ2) is 9.33. The minimum atomic E-state index is 0.606. The zero-order valence-electron chi connectivity index (χ0n) is 12.5. The minimum Gasteiger partial charge on any atom is -0.281 e. The molecule has 0 spiro atoms. The number of hydrogen-bond acceptors (Lipinski definition) is 3. The van der Waals surface area contributed by atoms with Gasteiger partial charge in [0.05, 0.1) is 21.1 Å².